The Labute approximate surface area is 98.2 Å². The number of nitriles is 1. The molecule has 0 fully saturated rings. The Kier molecular flexibility index (Phi) is 5.16. The van der Waals surface area contributed by atoms with Gasteiger partial charge in [0.2, 0.25) is 0 Å². The van der Waals surface area contributed by atoms with Crippen LogP contribution >= 0.6 is 15.9 Å². The highest BCUT2D eigenvalue weighted by Crippen LogP contribution is 2.25. The van der Waals surface area contributed by atoms with Gasteiger partial charge in [-0.15, -0.1) is 0 Å². The molecule has 1 rings (SSSR count). The van der Waals surface area contributed by atoms with Gasteiger partial charge < -0.3 is 10.1 Å². The zero-order valence-electron chi connectivity index (χ0n) is 8.59. The Morgan fingerprint density at radius 1 is 1.53 bits per heavy atom. The summed E-state index contributed by atoms with van der Waals surface area (Å²) in [4.78, 5) is 0. The highest BCUT2D eigenvalue weighted by atomic mass is 79.9. The summed E-state index contributed by atoms with van der Waals surface area (Å²) in [6, 6.07) is 7.79. The molecule has 1 N–H and O–H groups in total. The van der Waals surface area contributed by atoms with Crippen LogP contribution in [-0.4, -0.2) is 13.2 Å². The van der Waals surface area contributed by atoms with E-state index in [-0.39, 0.29) is 6.61 Å². The molecule has 0 spiro atoms. The van der Waals surface area contributed by atoms with Crippen LogP contribution in [0.4, 0.5) is 0 Å². The average molecular weight is 269 g/mol. The van der Waals surface area contributed by atoms with E-state index in [1.165, 1.54) is 5.56 Å². The standard InChI is InChI=1S/C11H13BrN2O/c1-2-14-8-9-3-4-11(10(12)7-9)15-6-5-13/h3-4,7,14H,2,6,8H2,1H3. The van der Waals surface area contributed by atoms with Crippen LogP contribution in [0.3, 0.4) is 0 Å². The highest BCUT2D eigenvalue weighted by Gasteiger charge is 2.01. The normalized spacial score (nSPS) is 9.67. The van der Waals surface area contributed by atoms with Gasteiger partial charge in [-0.3, -0.25) is 0 Å². The van der Waals surface area contributed by atoms with Gasteiger partial charge in [-0.1, -0.05) is 13.0 Å². The summed E-state index contributed by atoms with van der Waals surface area (Å²) in [6.07, 6.45) is 0. The van der Waals surface area contributed by atoms with E-state index in [1.54, 1.807) is 0 Å². The average Bonchev–Trinajstić information content (AvgIpc) is 2.25. The lowest BCUT2D eigenvalue weighted by atomic mass is 10.2. The number of hydrogen-bond donors (Lipinski definition) is 1. The molecular weight excluding hydrogens is 256 g/mol. The van der Waals surface area contributed by atoms with Crippen molar-refractivity contribution >= 4 is 15.9 Å². The van der Waals surface area contributed by atoms with E-state index in [2.05, 4.69) is 28.2 Å². The molecule has 0 bridgehead atoms. The molecule has 0 amide bonds. The van der Waals surface area contributed by atoms with Crippen molar-refractivity contribution in [2.45, 2.75) is 13.5 Å². The van der Waals surface area contributed by atoms with Gasteiger partial charge in [0.25, 0.3) is 0 Å². The second kappa shape index (κ2) is 6.44. The first-order valence-electron chi connectivity index (χ1n) is 4.76. The Morgan fingerprint density at radius 2 is 2.33 bits per heavy atom. The first-order valence-corrected chi connectivity index (χ1v) is 5.56. The fourth-order valence-corrected chi connectivity index (χ4v) is 1.69. The predicted octanol–water partition coefficient (Wildman–Crippen LogP) is 2.46. The summed E-state index contributed by atoms with van der Waals surface area (Å²) in [5.74, 6) is 0.705. The number of halogens is 1. The number of benzene rings is 1. The van der Waals surface area contributed by atoms with Crippen LogP contribution in [0.1, 0.15) is 12.5 Å². The van der Waals surface area contributed by atoms with Crippen molar-refractivity contribution in [1.29, 1.82) is 5.26 Å². The van der Waals surface area contributed by atoms with E-state index >= 15 is 0 Å². The van der Waals surface area contributed by atoms with Crippen molar-refractivity contribution in [1.82, 2.24) is 5.32 Å². The smallest absolute Gasteiger partial charge is 0.174 e. The van der Waals surface area contributed by atoms with Crippen LogP contribution < -0.4 is 10.1 Å². The van der Waals surface area contributed by atoms with Crippen molar-refractivity contribution < 1.29 is 4.74 Å². The van der Waals surface area contributed by atoms with E-state index in [0.29, 0.717) is 5.75 Å². The van der Waals surface area contributed by atoms with Crippen LogP contribution in [0.2, 0.25) is 0 Å². The fraction of sp³-hybridized carbons (Fsp3) is 0.364. The van der Waals surface area contributed by atoms with Gasteiger partial charge in [-0.25, -0.2) is 0 Å². The van der Waals surface area contributed by atoms with Gasteiger partial charge in [0.1, 0.15) is 11.8 Å². The zero-order valence-corrected chi connectivity index (χ0v) is 10.2. The molecule has 80 valence electrons. The molecule has 0 heterocycles. The summed E-state index contributed by atoms with van der Waals surface area (Å²) >= 11 is 3.41. The molecule has 1 aromatic rings. The first-order chi connectivity index (χ1) is 7.27. The maximum absolute atomic E-state index is 8.39. The predicted molar refractivity (Wildman–Crippen MR) is 62.6 cm³/mol. The molecule has 0 aliphatic heterocycles. The van der Waals surface area contributed by atoms with E-state index in [9.17, 15) is 0 Å². The van der Waals surface area contributed by atoms with Crippen molar-refractivity contribution in [3.63, 3.8) is 0 Å². The van der Waals surface area contributed by atoms with Crippen LogP contribution in [0.15, 0.2) is 22.7 Å². The molecule has 0 saturated carbocycles. The molecule has 15 heavy (non-hydrogen) atoms. The SMILES string of the molecule is CCNCc1ccc(OCC#N)c(Br)c1. The Morgan fingerprint density at radius 3 is 2.93 bits per heavy atom. The zero-order chi connectivity index (χ0) is 11.1. The molecule has 0 aromatic heterocycles. The monoisotopic (exact) mass is 268 g/mol. The van der Waals surface area contributed by atoms with Crippen molar-refractivity contribution in [3.05, 3.63) is 28.2 Å². The van der Waals surface area contributed by atoms with Gasteiger partial charge in [0.05, 0.1) is 4.47 Å². The molecular formula is C11H13BrN2O. The highest BCUT2D eigenvalue weighted by molar-refractivity contribution is 9.10. The first kappa shape index (κ1) is 12.0. The third kappa shape index (κ3) is 3.90. The molecule has 0 unspecified atom stereocenters. The van der Waals surface area contributed by atoms with E-state index < -0.39 is 0 Å². The molecule has 1 aromatic carbocycles. The number of ether oxygens (including phenoxy) is 1. The van der Waals surface area contributed by atoms with E-state index in [4.69, 9.17) is 10.00 Å². The fourth-order valence-electron chi connectivity index (χ4n) is 1.15. The molecule has 0 atom stereocenters. The Balaban J connectivity index is 2.66. The molecule has 3 nitrogen and oxygen atoms in total. The number of nitrogens with one attached hydrogen (secondary N) is 1. The molecule has 0 radical (unpaired) electrons. The lowest BCUT2D eigenvalue weighted by Crippen LogP contribution is -2.11. The van der Waals surface area contributed by atoms with E-state index in [1.807, 2.05) is 24.3 Å². The van der Waals surface area contributed by atoms with Gasteiger partial charge >= 0.3 is 0 Å². The van der Waals surface area contributed by atoms with Crippen LogP contribution in [0.5, 0.6) is 5.75 Å². The minimum atomic E-state index is 0.0746. The lowest BCUT2D eigenvalue weighted by molar-refractivity contribution is 0.365. The summed E-state index contributed by atoms with van der Waals surface area (Å²) < 4.78 is 6.10. The van der Waals surface area contributed by atoms with E-state index in [0.717, 1.165) is 17.6 Å². The summed E-state index contributed by atoms with van der Waals surface area (Å²) in [7, 11) is 0. The summed E-state index contributed by atoms with van der Waals surface area (Å²) in [6.45, 7) is 3.93. The Bertz CT molecular complexity index is 360. The third-order valence-electron chi connectivity index (χ3n) is 1.87. The molecule has 0 saturated heterocycles. The van der Waals surface area contributed by atoms with Crippen LogP contribution in [0, 0.1) is 11.3 Å². The number of hydrogen-bond acceptors (Lipinski definition) is 3. The molecule has 0 aliphatic carbocycles. The topological polar surface area (TPSA) is 45.0 Å². The minimum Gasteiger partial charge on any atom is -0.478 e. The maximum Gasteiger partial charge on any atom is 0.174 e. The Hall–Kier alpha value is -1.05. The van der Waals surface area contributed by atoms with Gasteiger partial charge in [0, 0.05) is 6.54 Å². The summed E-state index contributed by atoms with van der Waals surface area (Å²) in [5, 5.41) is 11.6. The van der Waals surface area contributed by atoms with Crippen LogP contribution in [0.25, 0.3) is 0 Å². The third-order valence-corrected chi connectivity index (χ3v) is 2.49. The second-order valence-electron chi connectivity index (χ2n) is 2.99. The molecule has 0 aliphatic rings. The van der Waals surface area contributed by atoms with Crippen molar-refractivity contribution in [2.75, 3.05) is 13.2 Å². The van der Waals surface area contributed by atoms with Crippen molar-refractivity contribution in [2.24, 2.45) is 0 Å². The number of nitrogens with zero attached hydrogens (tertiary/aromatic N) is 1. The van der Waals surface area contributed by atoms with Gasteiger partial charge in [-0.05, 0) is 40.2 Å². The minimum absolute atomic E-state index is 0.0746. The summed E-state index contributed by atoms with van der Waals surface area (Å²) in [5.41, 5.74) is 1.19. The quantitative estimate of drug-likeness (QED) is 0.893. The van der Waals surface area contributed by atoms with Gasteiger partial charge in [0.15, 0.2) is 6.61 Å². The molecule has 4 heteroatoms. The largest absolute Gasteiger partial charge is 0.478 e. The lowest BCUT2D eigenvalue weighted by Gasteiger charge is -2.07. The maximum atomic E-state index is 8.39. The van der Waals surface area contributed by atoms with Crippen molar-refractivity contribution in [3.8, 4) is 11.8 Å². The van der Waals surface area contributed by atoms with Crippen LogP contribution in [-0.2, 0) is 6.54 Å². The second-order valence-corrected chi connectivity index (χ2v) is 3.85. The number of rotatable bonds is 5. The van der Waals surface area contributed by atoms with Gasteiger partial charge in [-0.2, -0.15) is 5.26 Å².